The van der Waals surface area contributed by atoms with Crippen LogP contribution in [0.5, 0.6) is 0 Å². The number of aryl methyl sites for hydroxylation is 1. The number of benzene rings is 2. The predicted octanol–water partition coefficient (Wildman–Crippen LogP) is 3.53. The molecule has 0 fully saturated rings. The van der Waals surface area contributed by atoms with Crippen molar-refractivity contribution in [2.75, 3.05) is 7.05 Å². The van der Waals surface area contributed by atoms with Crippen molar-refractivity contribution in [3.63, 3.8) is 0 Å². The van der Waals surface area contributed by atoms with Crippen molar-refractivity contribution in [2.45, 2.75) is 19.9 Å². The van der Waals surface area contributed by atoms with Crippen LogP contribution in [0.3, 0.4) is 0 Å². The Kier molecular flexibility index (Phi) is 5.31. The lowest BCUT2D eigenvalue weighted by Gasteiger charge is -2.26. The molecule has 2 N–H and O–H groups in total. The van der Waals surface area contributed by atoms with E-state index in [1.165, 1.54) is 30.1 Å². The SMILES string of the molecule is Cc1cc(C(=O)N(C)C(C(N)=O)c2cccc(F)c2)c(C)n1-c1ccccc1. The fourth-order valence-electron chi connectivity index (χ4n) is 3.52. The maximum absolute atomic E-state index is 13.6. The van der Waals surface area contributed by atoms with Crippen LogP contribution >= 0.6 is 0 Å². The third kappa shape index (κ3) is 3.53. The fourth-order valence-corrected chi connectivity index (χ4v) is 3.52. The number of hydrogen-bond donors (Lipinski definition) is 1. The number of rotatable bonds is 5. The summed E-state index contributed by atoms with van der Waals surface area (Å²) in [5.41, 5.74) is 8.92. The summed E-state index contributed by atoms with van der Waals surface area (Å²) in [7, 11) is 1.50. The van der Waals surface area contributed by atoms with E-state index in [4.69, 9.17) is 5.73 Å². The first-order valence-corrected chi connectivity index (χ1v) is 8.87. The largest absolute Gasteiger partial charge is 0.368 e. The molecule has 0 saturated heterocycles. The van der Waals surface area contributed by atoms with Crippen LogP contribution in [-0.2, 0) is 4.79 Å². The zero-order valence-corrected chi connectivity index (χ0v) is 16.0. The van der Waals surface area contributed by atoms with Gasteiger partial charge in [0.1, 0.15) is 11.9 Å². The number of aromatic nitrogens is 1. The first-order chi connectivity index (χ1) is 13.3. The molecular weight excluding hydrogens is 357 g/mol. The number of carbonyl (C=O) groups excluding carboxylic acids is 2. The van der Waals surface area contributed by atoms with E-state index in [1.807, 2.05) is 48.7 Å². The minimum absolute atomic E-state index is 0.334. The lowest BCUT2D eigenvalue weighted by Crippen LogP contribution is -2.39. The molecule has 5 nitrogen and oxygen atoms in total. The summed E-state index contributed by atoms with van der Waals surface area (Å²) in [4.78, 5) is 26.5. The Labute approximate surface area is 163 Å². The second-order valence-corrected chi connectivity index (χ2v) is 6.73. The molecular formula is C22H22FN3O2. The maximum atomic E-state index is 13.6. The van der Waals surface area contributed by atoms with Crippen LogP contribution in [0.15, 0.2) is 60.7 Å². The highest BCUT2D eigenvalue weighted by molar-refractivity contribution is 5.98. The molecule has 1 aromatic heterocycles. The van der Waals surface area contributed by atoms with Gasteiger partial charge in [-0.2, -0.15) is 0 Å². The number of halogens is 1. The van der Waals surface area contributed by atoms with Crippen LogP contribution < -0.4 is 5.73 Å². The molecule has 0 aliphatic carbocycles. The number of amides is 2. The molecule has 0 bridgehead atoms. The summed E-state index contributed by atoms with van der Waals surface area (Å²) < 4.78 is 15.6. The highest BCUT2D eigenvalue weighted by Gasteiger charge is 2.29. The number of nitrogens with zero attached hydrogens (tertiary/aromatic N) is 2. The van der Waals surface area contributed by atoms with Crippen LogP contribution in [0, 0.1) is 19.7 Å². The van der Waals surface area contributed by atoms with Gasteiger partial charge in [0.05, 0.1) is 5.56 Å². The van der Waals surface area contributed by atoms with Gasteiger partial charge in [0.25, 0.3) is 5.91 Å². The van der Waals surface area contributed by atoms with Gasteiger partial charge >= 0.3 is 0 Å². The number of nitrogens with two attached hydrogens (primary N) is 1. The highest BCUT2D eigenvalue weighted by Crippen LogP contribution is 2.26. The average molecular weight is 379 g/mol. The minimum atomic E-state index is -1.07. The Morgan fingerprint density at radius 2 is 1.71 bits per heavy atom. The average Bonchev–Trinajstić information content (AvgIpc) is 2.96. The third-order valence-electron chi connectivity index (χ3n) is 4.82. The molecule has 0 radical (unpaired) electrons. The van der Waals surface area contributed by atoms with E-state index in [-0.39, 0.29) is 5.91 Å². The molecule has 1 unspecified atom stereocenters. The van der Waals surface area contributed by atoms with Crippen molar-refractivity contribution in [3.8, 4) is 5.69 Å². The van der Waals surface area contributed by atoms with Crippen LogP contribution in [-0.4, -0.2) is 28.3 Å². The molecule has 28 heavy (non-hydrogen) atoms. The van der Waals surface area contributed by atoms with Gasteiger partial charge < -0.3 is 15.2 Å². The predicted molar refractivity (Wildman–Crippen MR) is 106 cm³/mol. The lowest BCUT2D eigenvalue weighted by molar-refractivity contribution is -0.122. The zero-order chi connectivity index (χ0) is 20.4. The van der Waals surface area contributed by atoms with E-state index in [9.17, 15) is 14.0 Å². The highest BCUT2D eigenvalue weighted by atomic mass is 19.1. The van der Waals surface area contributed by atoms with E-state index in [1.54, 1.807) is 12.1 Å². The number of likely N-dealkylation sites (N-methyl/N-ethyl adjacent to an activating group) is 1. The molecule has 3 aromatic rings. The Hall–Kier alpha value is -3.41. The van der Waals surface area contributed by atoms with Crippen LogP contribution in [0.2, 0.25) is 0 Å². The van der Waals surface area contributed by atoms with Gasteiger partial charge in [-0.3, -0.25) is 9.59 Å². The summed E-state index contributed by atoms with van der Waals surface area (Å²) in [5.74, 6) is -1.58. The Bertz CT molecular complexity index is 1030. The van der Waals surface area contributed by atoms with Gasteiger partial charge in [-0.05, 0) is 49.7 Å². The smallest absolute Gasteiger partial charge is 0.256 e. The van der Waals surface area contributed by atoms with Crippen LogP contribution in [0.4, 0.5) is 4.39 Å². The second-order valence-electron chi connectivity index (χ2n) is 6.73. The topological polar surface area (TPSA) is 68.3 Å². The molecule has 6 heteroatoms. The minimum Gasteiger partial charge on any atom is -0.368 e. The molecule has 0 aliphatic rings. The number of primary amides is 1. The fraction of sp³-hybridized carbons (Fsp3) is 0.182. The molecule has 0 spiro atoms. The molecule has 3 rings (SSSR count). The van der Waals surface area contributed by atoms with E-state index in [0.29, 0.717) is 11.1 Å². The van der Waals surface area contributed by atoms with Gasteiger partial charge in [-0.15, -0.1) is 0 Å². The molecule has 1 heterocycles. The summed E-state index contributed by atoms with van der Waals surface area (Å²) in [6.45, 7) is 3.76. The van der Waals surface area contributed by atoms with E-state index in [0.717, 1.165) is 17.1 Å². The Balaban J connectivity index is 2.00. The second kappa shape index (κ2) is 7.68. The quantitative estimate of drug-likeness (QED) is 0.737. The van der Waals surface area contributed by atoms with Crippen molar-refractivity contribution in [3.05, 3.63) is 89.0 Å². The summed E-state index contributed by atoms with van der Waals surface area (Å²) in [6, 6.07) is 16.0. The molecule has 0 aliphatic heterocycles. The summed E-state index contributed by atoms with van der Waals surface area (Å²) in [6.07, 6.45) is 0. The van der Waals surface area contributed by atoms with E-state index in [2.05, 4.69) is 0 Å². The molecule has 0 saturated carbocycles. The van der Waals surface area contributed by atoms with Gasteiger partial charge in [-0.25, -0.2) is 4.39 Å². The Morgan fingerprint density at radius 1 is 1.04 bits per heavy atom. The van der Waals surface area contributed by atoms with Crippen LogP contribution in [0.1, 0.15) is 33.4 Å². The van der Waals surface area contributed by atoms with Crippen molar-refractivity contribution < 1.29 is 14.0 Å². The van der Waals surface area contributed by atoms with Crippen LogP contribution in [0.25, 0.3) is 5.69 Å². The summed E-state index contributed by atoms with van der Waals surface area (Å²) >= 11 is 0. The van der Waals surface area contributed by atoms with Crippen molar-refractivity contribution in [1.29, 1.82) is 0 Å². The van der Waals surface area contributed by atoms with Gasteiger partial charge in [-0.1, -0.05) is 30.3 Å². The monoisotopic (exact) mass is 379 g/mol. The van der Waals surface area contributed by atoms with Crippen molar-refractivity contribution in [1.82, 2.24) is 9.47 Å². The Morgan fingerprint density at radius 3 is 2.32 bits per heavy atom. The molecule has 1 atom stereocenters. The molecule has 2 aromatic carbocycles. The van der Waals surface area contributed by atoms with Gasteiger partial charge in [0.15, 0.2) is 0 Å². The first-order valence-electron chi connectivity index (χ1n) is 8.87. The standard InChI is InChI=1S/C22H22FN3O2/c1-14-12-19(15(2)26(14)18-10-5-4-6-11-18)22(28)25(3)20(21(24)27)16-8-7-9-17(23)13-16/h4-13,20H,1-3H3,(H2,24,27). The maximum Gasteiger partial charge on any atom is 0.256 e. The van der Waals surface area contributed by atoms with Crippen molar-refractivity contribution >= 4 is 11.8 Å². The van der Waals surface area contributed by atoms with Gasteiger partial charge in [0, 0.05) is 24.1 Å². The van der Waals surface area contributed by atoms with Crippen molar-refractivity contribution in [2.24, 2.45) is 5.73 Å². The molecule has 2 amide bonds. The number of carbonyl (C=O) groups is 2. The number of para-hydroxylation sites is 1. The molecule has 144 valence electrons. The van der Waals surface area contributed by atoms with E-state index >= 15 is 0 Å². The van der Waals surface area contributed by atoms with E-state index < -0.39 is 17.8 Å². The third-order valence-corrected chi connectivity index (χ3v) is 4.82. The summed E-state index contributed by atoms with van der Waals surface area (Å²) in [5, 5.41) is 0. The van der Waals surface area contributed by atoms with Gasteiger partial charge in [0.2, 0.25) is 5.91 Å². The lowest BCUT2D eigenvalue weighted by atomic mass is 10.0. The first kappa shape index (κ1) is 19.4. The number of hydrogen-bond acceptors (Lipinski definition) is 2. The normalized spacial score (nSPS) is 11.9. The zero-order valence-electron chi connectivity index (χ0n) is 16.0.